The first-order valence-electron chi connectivity index (χ1n) is 6.94. The summed E-state index contributed by atoms with van der Waals surface area (Å²) in [5, 5.41) is 0. The molecule has 0 aliphatic carbocycles. The van der Waals surface area contributed by atoms with Crippen LogP contribution in [0.4, 0.5) is 0 Å². The van der Waals surface area contributed by atoms with Crippen molar-refractivity contribution in [1.29, 1.82) is 0 Å². The quantitative estimate of drug-likeness (QED) is 0.846. The van der Waals surface area contributed by atoms with Crippen LogP contribution in [0.1, 0.15) is 72.6 Å². The van der Waals surface area contributed by atoms with Crippen LogP contribution < -0.4 is 5.73 Å². The summed E-state index contributed by atoms with van der Waals surface area (Å²) in [4.78, 5) is 4.37. The van der Waals surface area contributed by atoms with E-state index in [-0.39, 0.29) is 11.0 Å². The van der Waals surface area contributed by atoms with Gasteiger partial charge in [-0.1, -0.05) is 48.0 Å². The molecule has 1 rings (SSSR count). The van der Waals surface area contributed by atoms with Gasteiger partial charge in [-0.2, -0.15) is 0 Å². The molecule has 1 aromatic heterocycles. The predicted molar refractivity (Wildman–Crippen MR) is 80.7 cm³/mol. The van der Waals surface area contributed by atoms with Gasteiger partial charge in [-0.25, -0.2) is 0 Å². The Balaban J connectivity index is 0.000000873. The molecule has 1 heterocycles. The topological polar surface area (TPSA) is 38.9 Å². The third-order valence-electron chi connectivity index (χ3n) is 2.95. The largest absolute Gasteiger partial charge is 0.320 e. The minimum atomic E-state index is -0.318. The van der Waals surface area contributed by atoms with E-state index in [9.17, 15) is 0 Å². The van der Waals surface area contributed by atoms with Gasteiger partial charge >= 0.3 is 0 Å². The fourth-order valence-electron chi connectivity index (χ4n) is 1.39. The third kappa shape index (κ3) is 5.18. The summed E-state index contributed by atoms with van der Waals surface area (Å²) in [6.45, 7) is 15.0. The summed E-state index contributed by atoms with van der Waals surface area (Å²) in [7, 11) is 0. The van der Waals surface area contributed by atoms with Gasteiger partial charge < -0.3 is 5.73 Å². The lowest BCUT2D eigenvalue weighted by Crippen LogP contribution is -2.33. The lowest BCUT2D eigenvalue weighted by atomic mass is 9.85. The number of hydrogen-bond donors (Lipinski definition) is 1. The Labute approximate surface area is 113 Å². The Morgan fingerprint density at radius 2 is 1.61 bits per heavy atom. The third-order valence-corrected chi connectivity index (χ3v) is 2.95. The van der Waals surface area contributed by atoms with Crippen molar-refractivity contribution in [1.82, 2.24) is 4.98 Å². The molecule has 2 N–H and O–H groups in total. The van der Waals surface area contributed by atoms with Crippen LogP contribution in [0.5, 0.6) is 0 Å². The second-order valence-electron chi connectivity index (χ2n) is 6.16. The average Bonchev–Trinajstić information content (AvgIpc) is 2.29. The Bertz CT molecular complexity index is 348. The first-order chi connectivity index (χ1) is 8.19. The summed E-state index contributed by atoms with van der Waals surface area (Å²) in [6, 6.07) is 4.19. The second kappa shape index (κ2) is 6.89. The molecule has 0 spiro atoms. The highest BCUT2D eigenvalue weighted by Crippen LogP contribution is 2.26. The molecule has 1 atom stereocenters. The molecule has 0 bridgehead atoms. The zero-order chi connectivity index (χ0) is 14.4. The van der Waals surface area contributed by atoms with Crippen molar-refractivity contribution in [3.8, 4) is 0 Å². The van der Waals surface area contributed by atoms with Crippen LogP contribution in [0.3, 0.4) is 0 Å². The molecule has 0 saturated heterocycles. The number of aromatic nitrogens is 1. The molecule has 1 aromatic rings. The molecule has 0 amide bonds. The van der Waals surface area contributed by atoms with Crippen LogP contribution in [-0.4, -0.2) is 4.98 Å². The van der Waals surface area contributed by atoms with E-state index in [0.29, 0.717) is 0 Å². The van der Waals surface area contributed by atoms with E-state index >= 15 is 0 Å². The molecule has 1 unspecified atom stereocenters. The van der Waals surface area contributed by atoms with E-state index in [2.05, 4.69) is 58.7 Å². The molecule has 0 radical (unpaired) electrons. The average molecular weight is 250 g/mol. The molecule has 104 valence electrons. The predicted octanol–water partition coefficient (Wildman–Crippen LogP) is 4.38. The first-order valence-corrected chi connectivity index (χ1v) is 6.94. The second-order valence-corrected chi connectivity index (χ2v) is 6.16. The van der Waals surface area contributed by atoms with Crippen molar-refractivity contribution in [3.05, 3.63) is 29.6 Å². The normalized spacial score (nSPS) is 14.4. The van der Waals surface area contributed by atoms with Crippen molar-refractivity contribution in [2.45, 2.75) is 72.3 Å². The summed E-state index contributed by atoms with van der Waals surface area (Å²) >= 11 is 0. The number of pyridine rings is 1. The van der Waals surface area contributed by atoms with E-state index in [4.69, 9.17) is 5.73 Å². The zero-order valence-corrected chi connectivity index (χ0v) is 13.2. The standard InChI is InChI=1S/C13H22N2.C3H8/c1-6-13(5,14)11-9-10(7-8-15-11)12(2,3)4;1-3-2/h7-9H,6,14H2,1-5H3;3H2,1-2H3. The number of nitrogens with zero attached hydrogens (tertiary/aromatic N) is 1. The monoisotopic (exact) mass is 250 g/mol. The minimum absolute atomic E-state index is 0.154. The Morgan fingerprint density at radius 1 is 1.11 bits per heavy atom. The number of rotatable bonds is 2. The molecule has 0 aromatic carbocycles. The molecular formula is C16H30N2. The van der Waals surface area contributed by atoms with Gasteiger partial charge in [0.15, 0.2) is 0 Å². The maximum absolute atomic E-state index is 6.19. The number of hydrogen-bond acceptors (Lipinski definition) is 2. The summed E-state index contributed by atoms with van der Waals surface area (Å²) < 4.78 is 0. The Morgan fingerprint density at radius 3 is 2.00 bits per heavy atom. The molecule has 0 aliphatic rings. The van der Waals surface area contributed by atoms with Gasteiger partial charge in [0.25, 0.3) is 0 Å². The lowest BCUT2D eigenvalue weighted by Gasteiger charge is -2.25. The van der Waals surface area contributed by atoms with Gasteiger partial charge in [0, 0.05) is 6.20 Å². The van der Waals surface area contributed by atoms with Crippen LogP contribution in [-0.2, 0) is 11.0 Å². The molecule has 2 nitrogen and oxygen atoms in total. The Hall–Kier alpha value is -0.890. The van der Waals surface area contributed by atoms with Gasteiger partial charge in [0.2, 0.25) is 0 Å². The SMILES string of the molecule is CCC.CCC(C)(N)c1cc(C(C)(C)C)ccn1. The molecule has 0 fully saturated rings. The lowest BCUT2D eigenvalue weighted by molar-refractivity contribution is 0.458. The van der Waals surface area contributed by atoms with Gasteiger partial charge in [-0.15, -0.1) is 0 Å². The fraction of sp³-hybridized carbons (Fsp3) is 0.688. The van der Waals surface area contributed by atoms with Crippen molar-refractivity contribution in [3.63, 3.8) is 0 Å². The highest BCUT2D eigenvalue weighted by Gasteiger charge is 2.22. The molecule has 0 saturated carbocycles. The summed E-state index contributed by atoms with van der Waals surface area (Å²) in [6.07, 6.45) is 4.00. The maximum Gasteiger partial charge on any atom is 0.0602 e. The first kappa shape index (κ1) is 17.1. The van der Waals surface area contributed by atoms with Crippen LogP contribution in [0.25, 0.3) is 0 Å². The molecule has 2 heteroatoms. The smallest absolute Gasteiger partial charge is 0.0602 e. The minimum Gasteiger partial charge on any atom is -0.320 e. The van der Waals surface area contributed by atoms with Crippen molar-refractivity contribution in [2.24, 2.45) is 5.73 Å². The van der Waals surface area contributed by atoms with Crippen LogP contribution >= 0.6 is 0 Å². The molecule has 0 aliphatic heterocycles. The van der Waals surface area contributed by atoms with Crippen molar-refractivity contribution >= 4 is 0 Å². The Kier molecular flexibility index (Phi) is 6.55. The van der Waals surface area contributed by atoms with Crippen molar-refractivity contribution in [2.75, 3.05) is 0 Å². The fourth-order valence-corrected chi connectivity index (χ4v) is 1.39. The van der Waals surface area contributed by atoms with Gasteiger partial charge in [-0.05, 0) is 36.5 Å². The van der Waals surface area contributed by atoms with E-state index in [1.165, 1.54) is 12.0 Å². The maximum atomic E-state index is 6.19. The summed E-state index contributed by atoms with van der Waals surface area (Å²) in [5.74, 6) is 0. The van der Waals surface area contributed by atoms with Crippen LogP contribution in [0.2, 0.25) is 0 Å². The van der Waals surface area contributed by atoms with Crippen LogP contribution in [0.15, 0.2) is 18.3 Å². The van der Waals surface area contributed by atoms with E-state index in [1.54, 1.807) is 0 Å². The summed E-state index contributed by atoms with van der Waals surface area (Å²) in [5.41, 5.74) is 8.30. The zero-order valence-electron chi connectivity index (χ0n) is 13.2. The van der Waals surface area contributed by atoms with Gasteiger partial charge in [0.05, 0.1) is 11.2 Å². The van der Waals surface area contributed by atoms with Crippen LogP contribution in [0, 0.1) is 0 Å². The van der Waals surface area contributed by atoms with Gasteiger partial charge in [-0.3, -0.25) is 4.98 Å². The number of nitrogens with two attached hydrogens (primary N) is 1. The van der Waals surface area contributed by atoms with E-state index in [1.807, 2.05) is 13.1 Å². The van der Waals surface area contributed by atoms with E-state index in [0.717, 1.165) is 12.1 Å². The highest BCUT2D eigenvalue weighted by atomic mass is 14.8. The van der Waals surface area contributed by atoms with E-state index < -0.39 is 0 Å². The van der Waals surface area contributed by atoms with Crippen molar-refractivity contribution < 1.29 is 0 Å². The molecule has 18 heavy (non-hydrogen) atoms. The molecular weight excluding hydrogens is 220 g/mol. The highest BCUT2D eigenvalue weighted by molar-refractivity contribution is 5.26. The van der Waals surface area contributed by atoms with Gasteiger partial charge in [0.1, 0.15) is 0 Å².